The Balaban J connectivity index is 1.61. The summed E-state index contributed by atoms with van der Waals surface area (Å²) in [6.45, 7) is 7.18. The number of hydrogen-bond donors (Lipinski definition) is 1. The van der Waals surface area contributed by atoms with E-state index < -0.39 is 0 Å². The second kappa shape index (κ2) is 6.70. The number of aryl methyl sites for hydroxylation is 1. The number of nitrogens with one attached hydrogen (secondary N) is 1. The molecule has 23 heavy (non-hydrogen) atoms. The molecule has 1 atom stereocenters. The second-order valence-corrected chi connectivity index (χ2v) is 7.46. The van der Waals surface area contributed by atoms with Gasteiger partial charge in [-0.25, -0.2) is 0 Å². The van der Waals surface area contributed by atoms with E-state index in [1.54, 1.807) is 6.07 Å². The summed E-state index contributed by atoms with van der Waals surface area (Å²) in [5, 5.41) is 4.04. The lowest BCUT2D eigenvalue weighted by molar-refractivity contribution is -0.134. The van der Waals surface area contributed by atoms with Gasteiger partial charge in [-0.1, -0.05) is 17.7 Å². The number of likely N-dealkylation sites (tertiary alicyclic amines) is 1. The van der Waals surface area contributed by atoms with Crippen LogP contribution in [0.5, 0.6) is 5.75 Å². The predicted molar refractivity (Wildman–Crippen MR) is 92.0 cm³/mol. The molecule has 2 saturated heterocycles. The third-order valence-electron chi connectivity index (χ3n) is 5.25. The largest absolute Gasteiger partial charge is 0.483 e. The van der Waals surface area contributed by atoms with Crippen molar-refractivity contribution in [1.29, 1.82) is 0 Å². The van der Waals surface area contributed by atoms with E-state index in [4.69, 9.17) is 16.3 Å². The van der Waals surface area contributed by atoms with Gasteiger partial charge in [-0.15, -0.1) is 0 Å². The lowest BCUT2D eigenvalue weighted by atomic mass is 9.77. The second-order valence-electron chi connectivity index (χ2n) is 7.02. The minimum absolute atomic E-state index is 0.0762. The molecule has 5 heteroatoms. The van der Waals surface area contributed by atoms with Crippen molar-refractivity contribution < 1.29 is 9.53 Å². The SMILES string of the molecule is Cc1ccc(Cl)cc1OCC(=O)N1CC2(CCNCC2)CC1C. The fourth-order valence-corrected chi connectivity index (χ4v) is 4.09. The quantitative estimate of drug-likeness (QED) is 0.922. The molecule has 126 valence electrons. The monoisotopic (exact) mass is 336 g/mol. The minimum Gasteiger partial charge on any atom is -0.483 e. The number of nitrogens with zero attached hydrogens (tertiary/aromatic N) is 1. The molecule has 1 unspecified atom stereocenters. The molecule has 1 amide bonds. The van der Waals surface area contributed by atoms with Gasteiger partial charge in [0, 0.05) is 17.6 Å². The van der Waals surface area contributed by atoms with E-state index in [-0.39, 0.29) is 12.5 Å². The van der Waals surface area contributed by atoms with Crippen molar-refractivity contribution in [2.24, 2.45) is 5.41 Å². The molecule has 1 N–H and O–H groups in total. The van der Waals surface area contributed by atoms with Crippen LogP contribution in [-0.4, -0.2) is 43.1 Å². The van der Waals surface area contributed by atoms with E-state index in [0.29, 0.717) is 22.2 Å². The molecule has 1 aromatic rings. The van der Waals surface area contributed by atoms with Gasteiger partial charge in [0.15, 0.2) is 6.61 Å². The minimum atomic E-state index is 0.0762. The Kier molecular flexibility index (Phi) is 4.83. The Labute approximate surface area is 143 Å². The van der Waals surface area contributed by atoms with E-state index in [2.05, 4.69) is 12.2 Å². The number of benzene rings is 1. The van der Waals surface area contributed by atoms with Crippen LogP contribution in [-0.2, 0) is 4.79 Å². The molecule has 2 aliphatic heterocycles. The molecular weight excluding hydrogens is 312 g/mol. The van der Waals surface area contributed by atoms with E-state index in [0.717, 1.165) is 44.5 Å². The summed E-state index contributed by atoms with van der Waals surface area (Å²) in [5.41, 5.74) is 1.30. The van der Waals surface area contributed by atoms with Gasteiger partial charge < -0.3 is 15.0 Å². The van der Waals surface area contributed by atoms with Crippen LogP contribution in [0.3, 0.4) is 0 Å². The first-order valence-electron chi connectivity index (χ1n) is 8.38. The highest BCUT2D eigenvalue weighted by molar-refractivity contribution is 6.30. The van der Waals surface area contributed by atoms with Gasteiger partial charge in [-0.05, 0) is 69.3 Å². The predicted octanol–water partition coefficient (Wildman–Crippen LogP) is 3.02. The number of carbonyl (C=O) groups is 1. The Bertz CT molecular complexity index is 584. The van der Waals surface area contributed by atoms with Gasteiger partial charge in [0.25, 0.3) is 5.91 Å². The normalized spacial score (nSPS) is 23.3. The molecule has 2 aliphatic rings. The van der Waals surface area contributed by atoms with E-state index in [1.807, 2.05) is 24.0 Å². The van der Waals surface area contributed by atoms with Crippen molar-refractivity contribution in [3.8, 4) is 5.75 Å². The molecule has 0 saturated carbocycles. The summed E-state index contributed by atoms with van der Waals surface area (Å²) in [5.74, 6) is 0.765. The topological polar surface area (TPSA) is 41.6 Å². The van der Waals surface area contributed by atoms with Crippen LogP contribution in [0.25, 0.3) is 0 Å². The van der Waals surface area contributed by atoms with Gasteiger partial charge >= 0.3 is 0 Å². The number of ether oxygens (including phenoxy) is 1. The van der Waals surface area contributed by atoms with Crippen molar-refractivity contribution in [2.45, 2.75) is 39.2 Å². The molecule has 1 aromatic carbocycles. The summed E-state index contributed by atoms with van der Waals surface area (Å²) in [4.78, 5) is 14.6. The number of rotatable bonds is 3. The Morgan fingerprint density at radius 3 is 2.91 bits per heavy atom. The first kappa shape index (κ1) is 16.6. The van der Waals surface area contributed by atoms with Crippen LogP contribution in [0.15, 0.2) is 18.2 Å². The standard InChI is InChI=1S/C18H25ClN2O2/c1-13-3-4-15(19)9-16(13)23-11-17(22)21-12-18(10-14(21)2)5-7-20-8-6-18/h3-4,9,14,20H,5-8,10-12H2,1-2H3. The summed E-state index contributed by atoms with van der Waals surface area (Å²) in [6.07, 6.45) is 3.43. The maximum atomic E-state index is 12.6. The lowest BCUT2D eigenvalue weighted by Crippen LogP contribution is -2.41. The Morgan fingerprint density at radius 1 is 1.43 bits per heavy atom. The summed E-state index contributed by atoms with van der Waals surface area (Å²) in [7, 11) is 0. The molecule has 2 fully saturated rings. The van der Waals surface area contributed by atoms with E-state index in [1.165, 1.54) is 0 Å². The fourth-order valence-electron chi connectivity index (χ4n) is 3.92. The van der Waals surface area contributed by atoms with E-state index >= 15 is 0 Å². The van der Waals surface area contributed by atoms with E-state index in [9.17, 15) is 4.79 Å². The highest BCUT2D eigenvalue weighted by Gasteiger charge is 2.44. The van der Waals surface area contributed by atoms with Crippen molar-refractivity contribution in [3.05, 3.63) is 28.8 Å². The van der Waals surface area contributed by atoms with Gasteiger partial charge in [-0.3, -0.25) is 4.79 Å². The fraction of sp³-hybridized carbons (Fsp3) is 0.611. The highest BCUT2D eigenvalue weighted by Crippen LogP contribution is 2.41. The zero-order chi connectivity index (χ0) is 16.4. The van der Waals surface area contributed by atoms with Gasteiger partial charge in [0.2, 0.25) is 0 Å². The van der Waals surface area contributed by atoms with Crippen LogP contribution >= 0.6 is 11.6 Å². The molecule has 0 aliphatic carbocycles. The van der Waals surface area contributed by atoms with Crippen LogP contribution in [0.4, 0.5) is 0 Å². The Hall–Kier alpha value is -1.26. The van der Waals surface area contributed by atoms with Gasteiger partial charge in [0.1, 0.15) is 5.75 Å². The van der Waals surface area contributed by atoms with Crippen LogP contribution in [0.2, 0.25) is 5.02 Å². The van der Waals surface area contributed by atoms with Crippen molar-refractivity contribution in [3.63, 3.8) is 0 Å². The van der Waals surface area contributed by atoms with Crippen molar-refractivity contribution >= 4 is 17.5 Å². The summed E-state index contributed by atoms with van der Waals surface area (Å²) in [6, 6.07) is 5.80. The van der Waals surface area contributed by atoms with Crippen molar-refractivity contribution in [2.75, 3.05) is 26.2 Å². The van der Waals surface area contributed by atoms with Crippen molar-refractivity contribution in [1.82, 2.24) is 10.2 Å². The first-order valence-corrected chi connectivity index (χ1v) is 8.76. The first-order chi connectivity index (χ1) is 11.0. The number of piperidine rings is 1. The zero-order valence-corrected chi connectivity index (χ0v) is 14.7. The maximum absolute atomic E-state index is 12.6. The Morgan fingerprint density at radius 2 is 2.17 bits per heavy atom. The van der Waals surface area contributed by atoms with Gasteiger partial charge in [0.05, 0.1) is 0 Å². The molecule has 4 nitrogen and oxygen atoms in total. The van der Waals surface area contributed by atoms with Crippen LogP contribution < -0.4 is 10.1 Å². The average Bonchev–Trinajstić information content (AvgIpc) is 2.84. The highest BCUT2D eigenvalue weighted by atomic mass is 35.5. The van der Waals surface area contributed by atoms with Crippen LogP contribution in [0, 0.1) is 12.3 Å². The molecule has 0 bridgehead atoms. The summed E-state index contributed by atoms with van der Waals surface area (Å²) < 4.78 is 5.73. The summed E-state index contributed by atoms with van der Waals surface area (Å²) >= 11 is 6.00. The smallest absolute Gasteiger partial charge is 0.260 e. The molecule has 0 radical (unpaired) electrons. The molecule has 3 rings (SSSR count). The number of hydrogen-bond acceptors (Lipinski definition) is 3. The molecular formula is C18H25ClN2O2. The average molecular weight is 337 g/mol. The third kappa shape index (κ3) is 3.64. The number of amides is 1. The molecule has 0 aromatic heterocycles. The third-order valence-corrected chi connectivity index (χ3v) is 5.49. The van der Waals surface area contributed by atoms with Crippen LogP contribution in [0.1, 0.15) is 31.7 Å². The molecule has 1 spiro atoms. The molecule has 2 heterocycles. The lowest BCUT2D eigenvalue weighted by Gasteiger charge is -2.33. The number of carbonyl (C=O) groups excluding carboxylic acids is 1. The maximum Gasteiger partial charge on any atom is 0.260 e. The van der Waals surface area contributed by atoms with Gasteiger partial charge in [-0.2, -0.15) is 0 Å². The number of halogens is 1. The zero-order valence-electron chi connectivity index (χ0n) is 13.9.